The third kappa shape index (κ3) is 4.16. The summed E-state index contributed by atoms with van der Waals surface area (Å²) in [7, 11) is 0. The minimum absolute atomic E-state index is 0.125. The number of hydrogen-bond acceptors (Lipinski definition) is 4. The number of pyridine rings is 1. The van der Waals surface area contributed by atoms with Crippen LogP contribution < -0.4 is 10.6 Å². The van der Waals surface area contributed by atoms with Gasteiger partial charge in [0.1, 0.15) is 6.10 Å². The third-order valence-electron chi connectivity index (χ3n) is 5.93. The Bertz CT molecular complexity index is 1150. The number of anilines is 2. The average molecular weight is 415 g/mol. The van der Waals surface area contributed by atoms with Crippen molar-refractivity contribution in [2.75, 3.05) is 17.2 Å². The summed E-state index contributed by atoms with van der Waals surface area (Å²) >= 11 is 0. The summed E-state index contributed by atoms with van der Waals surface area (Å²) in [5.41, 5.74) is 4.96. The zero-order chi connectivity index (χ0) is 21.4. The molecule has 2 aliphatic rings. The summed E-state index contributed by atoms with van der Waals surface area (Å²) in [6.07, 6.45) is 3.55. The van der Waals surface area contributed by atoms with E-state index in [1.807, 2.05) is 31.2 Å². The van der Waals surface area contributed by atoms with Crippen molar-refractivity contribution >= 4 is 34.1 Å². The molecule has 1 atom stereocenters. The molecule has 2 N–H and O–H groups in total. The number of fused-ring (bicyclic) bond motifs is 1. The number of ether oxygens (including phenoxy) is 1. The first-order valence-corrected chi connectivity index (χ1v) is 10.8. The predicted molar refractivity (Wildman–Crippen MR) is 120 cm³/mol. The van der Waals surface area contributed by atoms with Crippen LogP contribution in [-0.4, -0.2) is 29.5 Å². The molecule has 2 fully saturated rings. The number of rotatable bonds is 5. The van der Waals surface area contributed by atoms with Crippen molar-refractivity contribution in [3.05, 3.63) is 65.4 Å². The first kappa shape index (κ1) is 19.7. The van der Waals surface area contributed by atoms with Crippen LogP contribution in [-0.2, 0) is 9.53 Å². The van der Waals surface area contributed by atoms with Crippen molar-refractivity contribution in [3.63, 3.8) is 0 Å². The van der Waals surface area contributed by atoms with E-state index in [1.54, 1.807) is 24.3 Å². The van der Waals surface area contributed by atoms with Gasteiger partial charge in [-0.1, -0.05) is 18.2 Å². The van der Waals surface area contributed by atoms with Crippen molar-refractivity contribution in [3.8, 4) is 0 Å². The number of benzene rings is 2. The molecule has 2 aromatic carbocycles. The number of para-hydroxylation sites is 1. The Morgan fingerprint density at radius 3 is 2.42 bits per heavy atom. The van der Waals surface area contributed by atoms with Gasteiger partial charge in [0.05, 0.1) is 11.1 Å². The largest absolute Gasteiger partial charge is 0.368 e. The highest BCUT2D eigenvalue weighted by atomic mass is 16.5. The fraction of sp³-hybridized carbons (Fsp3) is 0.320. The van der Waals surface area contributed by atoms with E-state index in [9.17, 15) is 9.59 Å². The minimum Gasteiger partial charge on any atom is -0.368 e. The first-order chi connectivity index (χ1) is 15.1. The van der Waals surface area contributed by atoms with Gasteiger partial charge in [0.25, 0.3) is 11.8 Å². The molecule has 0 radical (unpaired) electrons. The summed E-state index contributed by atoms with van der Waals surface area (Å²) in [5.74, 6) is 0.179. The van der Waals surface area contributed by atoms with Crippen LogP contribution in [0.3, 0.4) is 0 Å². The zero-order valence-corrected chi connectivity index (χ0v) is 17.5. The van der Waals surface area contributed by atoms with Gasteiger partial charge in [-0.15, -0.1) is 0 Å². The fourth-order valence-electron chi connectivity index (χ4n) is 4.03. The van der Waals surface area contributed by atoms with Crippen molar-refractivity contribution in [2.45, 2.75) is 44.6 Å². The lowest BCUT2D eigenvalue weighted by Crippen LogP contribution is -2.26. The molecular formula is C25H25N3O3. The molecule has 1 aliphatic heterocycles. The average Bonchev–Trinajstić information content (AvgIpc) is 3.48. The van der Waals surface area contributed by atoms with E-state index in [2.05, 4.69) is 10.6 Å². The van der Waals surface area contributed by atoms with Gasteiger partial charge in [0.15, 0.2) is 0 Å². The van der Waals surface area contributed by atoms with Crippen molar-refractivity contribution in [1.29, 1.82) is 0 Å². The SMILES string of the molecule is Cc1cccc2c(C(=O)Nc3ccc(NC(=O)[C@@H]4CCCO4)cc3)cc(C3CC3)nc12. The fourth-order valence-corrected chi connectivity index (χ4v) is 4.03. The van der Waals surface area contributed by atoms with E-state index in [4.69, 9.17) is 9.72 Å². The van der Waals surface area contributed by atoms with Crippen molar-refractivity contribution in [2.24, 2.45) is 0 Å². The van der Waals surface area contributed by atoms with Gasteiger partial charge in [0, 0.05) is 35.0 Å². The van der Waals surface area contributed by atoms with Crippen LogP contribution in [0.15, 0.2) is 48.5 Å². The van der Waals surface area contributed by atoms with E-state index in [0.717, 1.165) is 47.8 Å². The van der Waals surface area contributed by atoms with Crippen LogP contribution in [0.5, 0.6) is 0 Å². The number of hydrogen-bond donors (Lipinski definition) is 2. The molecule has 1 saturated carbocycles. The molecule has 3 aromatic rings. The van der Waals surface area contributed by atoms with Crippen LogP contribution >= 0.6 is 0 Å². The number of aromatic nitrogens is 1. The molecule has 2 amide bonds. The molecule has 0 spiro atoms. The molecule has 0 unspecified atom stereocenters. The molecule has 6 nitrogen and oxygen atoms in total. The zero-order valence-electron chi connectivity index (χ0n) is 17.5. The van der Waals surface area contributed by atoms with E-state index >= 15 is 0 Å². The minimum atomic E-state index is -0.372. The van der Waals surface area contributed by atoms with Crippen LogP contribution in [0.4, 0.5) is 11.4 Å². The van der Waals surface area contributed by atoms with Gasteiger partial charge in [-0.3, -0.25) is 14.6 Å². The molecule has 0 bridgehead atoms. The molecule has 5 rings (SSSR count). The Labute approximate surface area is 181 Å². The lowest BCUT2D eigenvalue weighted by molar-refractivity contribution is -0.124. The Hall–Kier alpha value is -3.25. The molecular weight excluding hydrogens is 390 g/mol. The number of carbonyl (C=O) groups excluding carboxylic acids is 2. The second kappa shape index (κ2) is 8.12. The smallest absolute Gasteiger partial charge is 0.256 e. The van der Waals surface area contributed by atoms with Crippen LogP contribution in [0.1, 0.15) is 53.2 Å². The Balaban J connectivity index is 1.35. The van der Waals surface area contributed by atoms with Crippen molar-refractivity contribution < 1.29 is 14.3 Å². The first-order valence-electron chi connectivity index (χ1n) is 10.8. The normalized spacial score (nSPS) is 18.2. The molecule has 1 aliphatic carbocycles. The number of amides is 2. The highest BCUT2D eigenvalue weighted by Crippen LogP contribution is 2.40. The van der Waals surface area contributed by atoms with Gasteiger partial charge < -0.3 is 15.4 Å². The third-order valence-corrected chi connectivity index (χ3v) is 5.93. The lowest BCUT2D eigenvalue weighted by atomic mass is 10.0. The molecule has 1 saturated heterocycles. The van der Waals surface area contributed by atoms with Crippen LogP contribution in [0.2, 0.25) is 0 Å². The monoisotopic (exact) mass is 415 g/mol. The van der Waals surface area contributed by atoms with Crippen LogP contribution in [0, 0.1) is 6.92 Å². The molecule has 158 valence electrons. The standard InChI is InChI=1S/C25H25N3O3/c1-15-4-2-5-19-20(14-21(16-7-8-16)28-23(15)19)24(29)26-17-9-11-18(12-10-17)27-25(30)22-6-3-13-31-22/h2,4-5,9-12,14,16,22H,3,6-8,13H2,1H3,(H,26,29)(H,27,30)/t22-/m0/s1. The summed E-state index contributed by atoms with van der Waals surface area (Å²) in [6.45, 7) is 2.66. The predicted octanol–water partition coefficient (Wildman–Crippen LogP) is 4.79. The summed E-state index contributed by atoms with van der Waals surface area (Å²) in [5, 5.41) is 6.72. The van der Waals surface area contributed by atoms with E-state index in [0.29, 0.717) is 29.5 Å². The number of nitrogens with one attached hydrogen (secondary N) is 2. The maximum Gasteiger partial charge on any atom is 0.256 e. The van der Waals surface area contributed by atoms with E-state index in [-0.39, 0.29) is 17.9 Å². The maximum absolute atomic E-state index is 13.1. The quantitative estimate of drug-likeness (QED) is 0.628. The highest BCUT2D eigenvalue weighted by molar-refractivity contribution is 6.13. The molecule has 1 aromatic heterocycles. The molecule has 6 heteroatoms. The number of aryl methyl sites for hydroxylation is 1. The highest BCUT2D eigenvalue weighted by Gasteiger charge is 2.27. The number of nitrogens with zero attached hydrogens (tertiary/aromatic N) is 1. The van der Waals surface area contributed by atoms with Gasteiger partial charge in [-0.2, -0.15) is 0 Å². The van der Waals surface area contributed by atoms with E-state index < -0.39 is 0 Å². The summed E-state index contributed by atoms with van der Waals surface area (Å²) < 4.78 is 5.41. The van der Waals surface area contributed by atoms with Gasteiger partial charge >= 0.3 is 0 Å². The lowest BCUT2D eigenvalue weighted by Gasteiger charge is -2.13. The Kier molecular flexibility index (Phi) is 5.16. The summed E-state index contributed by atoms with van der Waals surface area (Å²) in [6, 6.07) is 15.0. The second-order valence-corrected chi connectivity index (χ2v) is 8.36. The Morgan fingerprint density at radius 1 is 1.00 bits per heavy atom. The van der Waals surface area contributed by atoms with Crippen LogP contribution in [0.25, 0.3) is 10.9 Å². The van der Waals surface area contributed by atoms with Crippen molar-refractivity contribution in [1.82, 2.24) is 4.98 Å². The second-order valence-electron chi connectivity index (χ2n) is 8.36. The molecule has 2 heterocycles. The van der Waals surface area contributed by atoms with Gasteiger partial charge in [-0.05, 0) is 68.5 Å². The van der Waals surface area contributed by atoms with Gasteiger partial charge in [0.2, 0.25) is 0 Å². The maximum atomic E-state index is 13.1. The topological polar surface area (TPSA) is 80.3 Å². The Morgan fingerprint density at radius 2 is 1.74 bits per heavy atom. The van der Waals surface area contributed by atoms with Gasteiger partial charge in [-0.25, -0.2) is 0 Å². The number of carbonyl (C=O) groups is 2. The van der Waals surface area contributed by atoms with E-state index in [1.165, 1.54) is 0 Å². The summed E-state index contributed by atoms with van der Waals surface area (Å²) in [4.78, 5) is 30.2. The molecule has 31 heavy (non-hydrogen) atoms.